The minimum absolute atomic E-state index is 0.378. The summed E-state index contributed by atoms with van der Waals surface area (Å²) < 4.78 is 0.884. The van der Waals surface area contributed by atoms with Crippen LogP contribution in [-0.2, 0) is 4.79 Å². The Morgan fingerprint density at radius 3 is 2.46 bits per heavy atom. The molecule has 1 saturated heterocycles. The van der Waals surface area contributed by atoms with Crippen LogP contribution in [0.1, 0.15) is 17.5 Å². The molecule has 6 heteroatoms. The zero-order valence-corrected chi connectivity index (χ0v) is 17.6. The second kappa shape index (κ2) is 8.19. The fraction of sp³-hybridized carbons (Fsp3) is 0.182. The van der Waals surface area contributed by atoms with Crippen molar-refractivity contribution in [2.24, 2.45) is 0 Å². The van der Waals surface area contributed by atoms with E-state index in [1.54, 1.807) is 23.5 Å². The van der Waals surface area contributed by atoms with Gasteiger partial charge in [0.15, 0.2) is 0 Å². The Hall–Kier alpha value is -1.95. The van der Waals surface area contributed by atoms with E-state index in [2.05, 4.69) is 0 Å². The number of thioether (sulfide) groups is 2. The lowest BCUT2D eigenvalue weighted by Crippen LogP contribution is -2.06. The second-order valence-electron chi connectivity index (χ2n) is 6.60. The number of hydrogen-bond donors (Lipinski definition) is 1. The molecule has 28 heavy (non-hydrogen) atoms. The van der Waals surface area contributed by atoms with Crippen LogP contribution in [0.15, 0.2) is 52.8 Å². The Kier molecular flexibility index (Phi) is 5.67. The number of aromatic nitrogens is 1. The molecule has 1 aromatic heterocycles. The van der Waals surface area contributed by atoms with Crippen molar-refractivity contribution in [2.75, 3.05) is 11.5 Å². The Morgan fingerprint density at radius 2 is 1.79 bits per heavy atom. The van der Waals surface area contributed by atoms with Gasteiger partial charge in [-0.3, -0.25) is 0 Å². The molecule has 0 spiro atoms. The van der Waals surface area contributed by atoms with E-state index in [-0.39, 0.29) is 0 Å². The highest BCUT2D eigenvalue weighted by atomic mass is 35.5. The summed E-state index contributed by atoms with van der Waals surface area (Å²) >= 11 is 9.29. The van der Waals surface area contributed by atoms with Crippen molar-refractivity contribution in [2.45, 2.75) is 13.3 Å². The zero-order valence-electron chi connectivity index (χ0n) is 15.2. The Balaban J connectivity index is 2.00. The topological polar surface area (TPSA) is 50.2 Å². The summed E-state index contributed by atoms with van der Waals surface area (Å²) in [7, 11) is 0. The molecule has 1 N–H and O–H groups in total. The molecular weight excluding hydrogens is 410 g/mol. The zero-order chi connectivity index (χ0) is 19.7. The lowest BCUT2D eigenvalue weighted by Gasteiger charge is -2.18. The SMILES string of the molecule is Cc1ccc2nc(-c3ccc(Cl)cc3)cc(C(C(=O)O)=C3SCCCS3)c2c1. The number of fused-ring (bicyclic) bond motifs is 1. The first-order valence-corrected chi connectivity index (χ1v) is 11.3. The average molecular weight is 428 g/mol. The number of benzene rings is 2. The van der Waals surface area contributed by atoms with Gasteiger partial charge in [0.1, 0.15) is 0 Å². The molecule has 0 amide bonds. The molecule has 142 valence electrons. The lowest BCUT2D eigenvalue weighted by molar-refractivity contribution is -0.130. The number of rotatable bonds is 3. The summed E-state index contributed by atoms with van der Waals surface area (Å²) in [4.78, 5) is 17.1. The molecule has 0 bridgehead atoms. The summed E-state index contributed by atoms with van der Waals surface area (Å²) in [6.45, 7) is 2.01. The van der Waals surface area contributed by atoms with Crippen LogP contribution in [0.2, 0.25) is 5.02 Å². The van der Waals surface area contributed by atoms with Crippen molar-refractivity contribution < 1.29 is 9.90 Å². The standard InChI is InChI=1S/C22H18ClNO2S2/c1-13-3-8-18-16(11-13)17(20(21(25)26)22-27-9-2-10-28-22)12-19(24-18)14-4-6-15(23)7-5-14/h3-8,11-12H,2,9-10H2,1H3,(H,25,26). The van der Waals surface area contributed by atoms with Gasteiger partial charge in [-0.1, -0.05) is 35.4 Å². The average Bonchev–Trinajstić information content (AvgIpc) is 2.69. The molecular formula is C22H18ClNO2S2. The first-order valence-electron chi connectivity index (χ1n) is 8.94. The van der Waals surface area contributed by atoms with Crippen LogP contribution in [0.4, 0.5) is 0 Å². The van der Waals surface area contributed by atoms with Crippen molar-refractivity contribution in [1.29, 1.82) is 0 Å². The summed E-state index contributed by atoms with van der Waals surface area (Å²) in [6.07, 6.45) is 1.10. The highest BCUT2D eigenvalue weighted by Crippen LogP contribution is 2.42. The van der Waals surface area contributed by atoms with Crippen molar-refractivity contribution in [3.8, 4) is 11.3 Å². The van der Waals surface area contributed by atoms with E-state index in [9.17, 15) is 9.90 Å². The van der Waals surface area contributed by atoms with Crippen molar-refractivity contribution >= 4 is 57.6 Å². The molecule has 1 aliphatic heterocycles. The van der Waals surface area contributed by atoms with Gasteiger partial charge in [-0.15, -0.1) is 23.5 Å². The summed E-state index contributed by atoms with van der Waals surface area (Å²) in [6, 6.07) is 15.3. The number of aryl methyl sites for hydroxylation is 1. The number of pyridine rings is 1. The third-order valence-corrected chi connectivity index (χ3v) is 7.42. The number of halogens is 1. The van der Waals surface area contributed by atoms with Crippen LogP contribution in [0, 0.1) is 6.92 Å². The highest BCUT2D eigenvalue weighted by Gasteiger charge is 2.23. The van der Waals surface area contributed by atoms with E-state index in [4.69, 9.17) is 16.6 Å². The van der Waals surface area contributed by atoms with Gasteiger partial charge < -0.3 is 5.11 Å². The van der Waals surface area contributed by atoms with Crippen molar-refractivity contribution in [3.63, 3.8) is 0 Å². The van der Waals surface area contributed by atoms with Crippen LogP contribution in [0.25, 0.3) is 27.7 Å². The third kappa shape index (κ3) is 3.93. The van der Waals surface area contributed by atoms with Crippen LogP contribution in [-0.4, -0.2) is 27.6 Å². The van der Waals surface area contributed by atoms with Gasteiger partial charge in [-0.25, -0.2) is 9.78 Å². The first kappa shape index (κ1) is 19.4. The quantitative estimate of drug-likeness (QED) is 0.484. The number of carboxylic acids is 1. The predicted molar refractivity (Wildman–Crippen MR) is 121 cm³/mol. The van der Waals surface area contributed by atoms with Crippen LogP contribution in [0.5, 0.6) is 0 Å². The summed E-state index contributed by atoms with van der Waals surface area (Å²) in [5.74, 6) is 1.00. The number of carboxylic acid groups (broad SMARTS) is 1. The van der Waals surface area contributed by atoms with Crippen LogP contribution >= 0.6 is 35.1 Å². The molecule has 3 nitrogen and oxygen atoms in total. The van der Waals surface area contributed by atoms with Gasteiger partial charge in [0, 0.05) is 21.5 Å². The van der Waals surface area contributed by atoms with E-state index < -0.39 is 5.97 Å². The van der Waals surface area contributed by atoms with E-state index in [1.165, 1.54) is 0 Å². The Morgan fingerprint density at radius 1 is 1.07 bits per heavy atom. The molecule has 2 aromatic carbocycles. The van der Waals surface area contributed by atoms with Gasteiger partial charge in [-0.05, 0) is 55.2 Å². The van der Waals surface area contributed by atoms with Gasteiger partial charge >= 0.3 is 5.97 Å². The molecule has 0 saturated carbocycles. The predicted octanol–water partition coefficient (Wildman–Crippen LogP) is 6.49. The van der Waals surface area contributed by atoms with E-state index in [1.807, 2.05) is 55.5 Å². The normalized spacial score (nSPS) is 14.3. The fourth-order valence-electron chi connectivity index (χ4n) is 3.20. The smallest absolute Gasteiger partial charge is 0.338 e. The minimum atomic E-state index is -0.895. The van der Waals surface area contributed by atoms with Crippen molar-refractivity contribution in [3.05, 3.63) is 68.9 Å². The maximum Gasteiger partial charge on any atom is 0.338 e. The number of aliphatic carboxylic acids is 1. The molecule has 1 aliphatic rings. The third-order valence-electron chi connectivity index (χ3n) is 4.55. The Bertz CT molecular complexity index is 1090. The van der Waals surface area contributed by atoms with Gasteiger partial charge in [0.2, 0.25) is 0 Å². The molecule has 3 aromatic rings. The highest BCUT2D eigenvalue weighted by molar-refractivity contribution is 8.23. The molecule has 1 fully saturated rings. The monoisotopic (exact) mass is 427 g/mol. The molecule has 4 rings (SSSR count). The molecule has 0 atom stereocenters. The maximum atomic E-state index is 12.3. The first-order chi connectivity index (χ1) is 13.5. The lowest BCUT2D eigenvalue weighted by atomic mass is 9.98. The fourth-order valence-corrected chi connectivity index (χ4v) is 5.98. The number of hydrogen-bond acceptors (Lipinski definition) is 4. The molecule has 0 radical (unpaired) electrons. The van der Waals surface area contributed by atoms with Crippen molar-refractivity contribution in [1.82, 2.24) is 4.98 Å². The van der Waals surface area contributed by atoms with E-state index in [0.29, 0.717) is 10.6 Å². The Labute approximate surface area is 177 Å². The summed E-state index contributed by atoms with van der Waals surface area (Å²) in [5.41, 5.74) is 4.62. The van der Waals surface area contributed by atoms with Crippen LogP contribution < -0.4 is 0 Å². The maximum absolute atomic E-state index is 12.3. The minimum Gasteiger partial charge on any atom is -0.478 e. The van der Waals surface area contributed by atoms with Gasteiger partial charge in [0.05, 0.1) is 21.0 Å². The molecule has 0 aliphatic carbocycles. The van der Waals surface area contributed by atoms with Gasteiger partial charge in [0.25, 0.3) is 0 Å². The van der Waals surface area contributed by atoms with Gasteiger partial charge in [-0.2, -0.15) is 0 Å². The summed E-state index contributed by atoms with van der Waals surface area (Å²) in [5, 5.41) is 11.6. The largest absolute Gasteiger partial charge is 0.478 e. The van der Waals surface area contributed by atoms with E-state index >= 15 is 0 Å². The molecule has 2 heterocycles. The second-order valence-corrected chi connectivity index (χ2v) is 9.51. The van der Waals surface area contributed by atoms with E-state index in [0.717, 1.165) is 55.5 Å². The van der Waals surface area contributed by atoms with Crippen LogP contribution in [0.3, 0.4) is 0 Å². The molecule has 0 unspecified atom stereocenters. The number of carbonyl (C=O) groups is 1. The number of nitrogens with zero attached hydrogens (tertiary/aromatic N) is 1.